The first-order chi connectivity index (χ1) is 7.25. The Morgan fingerprint density at radius 3 is 3.13 bits per heavy atom. The van der Waals surface area contributed by atoms with Crippen molar-refractivity contribution in [2.75, 3.05) is 6.54 Å². The van der Waals surface area contributed by atoms with Gasteiger partial charge in [0.15, 0.2) is 5.75 Å². The Morgan fingerprint density at radius 2 is 2.33 bits per heavy atom. The molecule has 1 aliphatic heterocycles. The molecule has 0 amide bonds. The standard InChI is InChI=1S/C9H10N2O3S/c12-15(13)10-6-8-5-7-3-1-2-4-9(7)14-11-8/h1-4,10H,5-6H2,(H,12,13). The second-order valence-electron chi connectivity index (χ2n) is 3.10. The Hall–Kier alpha value is -1.24. The second kappa shape index (κ2) is 4.52. The zero-order valence-electron chi connectivity index (χ0n) is 7.84. The summed E-state index contributed by atoms with van der Waals surface area (Å²) in [7, 11) is 0. The smallest absolute Gasteiger partial charge is 0.232 e. The molecule has 0 radical (unpaired) electrons. The molecule has 0 fully saturated rings. The van der Waals surface area contributed by atoms with E-state index in [9.17, 15) is 4.21 Å². The molecule has 0 aromatic heterocycles. The second-order valence-corrected chi connectivity index (χ2v) is 3.89. The minimum atomic E-state index is -2.01. The van der Waals surface area contributed by atoms with Crippen LogP contribution in [0.15, 0.2) is 29.4 Å². The molecule has 0 bridgehead atoms. The minimum absolute atomic E-state index is 0.247. The van der Waals surface area contributed by atoms with Gasteiger partial charge >= 0.3 is 0 Å². The summed E-state index contributed by atoms with van der Waals surface area (Å²) in [5, 5.41) is 3.85. The summed E-state index contributed by atoms with van der Waals surface area (Å²) >= 11 is -2.01. The van der Waals surface area contributed by atoms with E-state index in [2.05, 4.69) is 9.88 Å². The van der Waals surface area contributed by atoms with Crippen LogP contribution in [-0.2, 0) is 17.7 Å². The third kappa shape index (κ3) is 2.62. The molecule has 80 valence electrons. The predicted octanol–water partition coefficient (Wildman–Crippen LogP) is 0.704. The number of oxime groups is 1. The minimum Gasteiger partial charge on any atom is -0.357 e. The number of benzene rings is 1. The molecular formula is C9H10N2O3S. The van der Waals surface area contributed by atoms with Crippen molar-refractivity contribution in [3.8, 4) is 5.75 Å². The van der Waals surface area contributed by atoms with Crippen molar-refractivity contribution in [2.45, 2.75) is 6.42 Å². The SMILES string of the molecule is O=S(O)NCC1=NOc2ccccc2C1. The molecule has 1 aromatic carbocycles. The molecule has 1 heterocycles. The van der Waals surface area contributed by atoms with Crippen LogP contribution >= 0.6 is 0 Å². The van der Waals surface area contributed by atoms with Crippen LogP contribution < -0.4 is 9.56 Å². The molecule has 2 rings (SSSR count). The lowest BCUT2D eigenvalue weighted by molar-refractivity contribution is 0.329. The highest BCUT2D eigenvalue weighted by Crippen LogP contribution is 2.22. The zero-order valence-corrected chi connectivity index (χ0v) is 8.66. The maximum Gasteiger partial charge on any atom is 0.232 e. The largest absolute Gasteiger partial charge is 0.357 e. The molecule has 1 aromatic rings. The Bertz CT molecular complexity index is 420. The van der Waals surface area contributed by atoms with Gasteiger partial charge in [0.25, 0.3) is 0 Å². The third-order valence-electron chi connectivity index (χ3n) is 2.04. The quantitative estimate of drug-likeness (QED) is 0.745. The topological polar surface area (TPSA) is 70.9 Å². The number of hydrogen-bond acceptors (Lipinski definition) is 3. The molecule has 6 heteroatoms. The van der Waals surface area contributed by atoms with Crippen LogP contribution in [0.4, 0.5) is 0 Å². The van der Waals surface area contributed by atoms with Gasteiger partial charge in [0, 0.05) is 12.0 Å². The van der Waals surface area contributed by atoms with Crippen molar-refractivity contribution >= 4 is 17.0 Å². The lowest BCUT2D eigenvalue weighted by Crippen LogP contribution is -2.27. The van der Waals surface area contributed by atoms with Crippen LogP contribution in [0.5, 0.6) is 5.75 Å². The maximum atomic E-state index is 10.4. The molecule has 1 atom stereocenters. The van der Waals surface area contributed by atoms with Gasteiger partial charge in [-0.15, -0.1) is 0 Å². The molecule has 0 spiro atoms. The average molecular weight is 226 g/mol. The molecule has 2 N–H and O–H groups in total. The monoisotopic (exact) mass is 226 g/mol. The van der Waals surface area contributed by atoms with Crippen molar-refractivity contribution in [1.82, 2.24) is 4.72 Å². The van der Waals surface area contributed by atoms with Gasteiger partial charge in [0.1, 0.15) is 0 Å². The van der Waals surface area contributed by atoms with Crippen LogP contribution in [0, 0.1) is 0 Å². The van der Waals surface area contributed by atoms with E-state index in [0.717, 1.165) is 11.3 Å². The van der Waals surface area contributed by atoms with Gasteiger partial charge in [-0.05, 0) is 6.07 Å². The van der Waals surface area contributed by atoms with Gasteiger partial charge < -0.3 is 4.84 Å². The van der Waals surface area contributed by atoms with E-state index >= 15 is 0 Å². The summed E-state index contributed by atoms with van der Waals surface area (Å²) in [6.45, 7) is 0.247. The first-order valence-corrected chi connectivity index (χ1v) is 5.51. The lowest BCUT2D eigenvalue weighted by atomic mass is 10.1. The highest BCUT2D eigenvalue weighted by molar-refractivity contribution is 7.77. The highest BCUT2D eigenvalue weighted by atomic mass is 32.2. The van der Waals surface area contributed by atoms with Crippen molar-refractivity contribution in [2.24, 2.45) is 5.16 Å². The average Bonchev–Trinajstić information content (AvgIpc) is 2.26. The Morgan fingerprint density at radius 1 is 1.53 bits per heavy atom. The van der Waals surface area contributed by atoms with Gasteiger partial charge in [0.2, 0.25) is 11.3 Å². The molecular weight excluding hydrogens is 216 g/mol. The summed E-state index contributed by atoms with van der Waals surface area (Å²) in [5.74, 6) is 0.742. The molecule has 1 unspecified atom stereocenters. The maximum absolute atomic E-state index is 10.4. The fourth-order valence-corrected chi connectivity index (χ4v) is 1.63. The van der Waals surface area contributed by atoms with E-state index in [-0.39, 0.29) is 6.54 Å². The third-order valence-corrected chi connectivity index (χ3v) is 2.43. The first kappa shape index (κ1) is 10.3. The number of rotatable bonds is 3. The summed E-state index contributed by atoms with van der Waals surface area (Å²) in [6, 6.07) is 7.58. The van der Waals surface area contributed by atoms with Crippen molar-refractivity contribution in [3.05, 3.63) is 29.8 Å². The van der Waals surface area contributed by atoms with Gasteiger partial charge in [-0.1, -0.05) is 23.4 Å². The lowest BCUT2D eigenvalue weighted by Gasteiger charge is -2.14. The molecule has 15 heavy (non-hydrogen) atoms. The number of nitrogens with one attached hydrogen (secondary N) is 1. The van der Waals surface area contributed by atoms with Gasteiger partial charge in [-0.3, -0.25) is 4.55 Å². The van der Waals surface area contributed by atoms with Crippen LogP contribution in [-0.4, -0.2) is 21.0 Å². The number of hydrogen-bond donors (Lipinski definition) is 2. The molecule has 5 nitrogen and oxygen atoms in total. The Kier molecular flexibility index (Phi) is 3.10. The summed E-state index contributed by atoms with van der Waals surface area (Å²) < 4.78 is 21.3. The summed E-state index contributed by atoms with van der Waals surface area (Å²) in [6.07, 6.45) is 0.639. The van der Waals surface area contributed by atoms with E-state index < -0.39 is 11.3 Å². The number of nitrogens with zero attached hydrogens (tertiary/aromatic N) is 1. The van der Waals surface area contributed by atoms with E-state index in [1.807, 2.05) is 24.3 Å². The molecule has 1 aliphatic rings. The van der Waals surface area contributed by atoms with Crippen molar-refractivity contribution in [1.29, 1.82) is 0 Å². The summed E-state index contributed by atoms with van der Waals surface area (Å²) in [4.78, 5) is 5.14. The van der Waals surface area contributed by atoms with Crippen LogP contribution in [0.25, 0.3) is 0 Å². The molecule has 0 saturated carbocycles. The highest BCUT2D eigenvalue weighted by Gasteiger charge is 2.13. The van der Waals surface area contributed by atoms with Crippen molar-refractivity contribution < 1.29 is 13.6 Å². The van der Waals surface area contributed by atoms with Gasteiger partial charge in [-0.25, -0.2) is 8.93 Å². The molecule has 0 aliphatic carbocycles. The van der Waals surface area contributed by atoms with E-state index in [0.29, 0.717) is 12.1 Å². The van der Waals surface area contributed by atoms with Crippen LogP contribution in [0.1, 0.15) is 5.56 Å². The first-order valence-electron chi connectivity index (χ1n) is 4.41. The van der Waals surface area contributed by atoms with Crippen LogP contribution in [0.3, 0.4) is 0 Å². The number of para-hydroxylation sites is 1. The van der Waals surface area contributed by atoms with E-state index in [1.54, 1.807) is 0 Å². The Balaban J connectivity index is 2.03. The van der Waals surface area contributed by atoms with E-state index in [4.69, 9.17) is 9.39 Å². The predicted molar refractivity (Wildman–Crippen MR) is 57.0 cm³/mol. The fourth-order valence-electron chi connectivity index (χ4n) is 1.34. The van der Waals surface area contributed by atoms with Crippen LogP contribution in [0.2, 0.25) is 0 Å². The zero-order chi connectivity index (χ0) is 10.7. The number of fused-ring (bicyclic) bond motifs is 1. The van der Waals surface area contributed by atoms with E-state index in [1.165, 1.54) is 0 Å². The van der Waals surface area contributed by atoms with Gasteiger partial charge in [0.05, 0.1) is 12.3 Å². The van der Waals surface area contributed by atoms with Gasteiger partial charge in [-0.2, -0.15) is 0 Å². The van der Waals surface area contributed by atoms with Crippen molar-refractivity contribution in [3.63, 3.8) is 0 Å². The fraction of sp³-hybridized carbons (Fsp3) is 0.222. The Labute approximate surface area is 89.5 Å². The summed E-state index contributed by atoms with van der Waals surface area (Å²) in [5.41, 5.74) is 1.74. The molecule has 0 saturated heterocycles. The normalized spacial score (nSPS) is 16.2.